The fourth-order valence-electron chi connectivity index (χ4n) is 2.13. The molecule has 0 bridgehead atoms. The molecule has 114 valence electrons. The van der Waals surface area contributed by atoms with Gasteiger partial charge in [0.2, 0.25) is 0 Å². The van der Waals surface area contributed by atoms with Gasteiger partial charge in [0.15, 0.2) is 0 Å². The largest absolute Gasteiger partial charge is 0.394 e. The number of aliphatic hydroxyl groups is 1. The Kier molecular flexibility index (Phi) is 8.51. The summed E-state index contributed by atoms with van der Waals surface area (Å²) >= 11 is 0. The van der Waals surface area contributed by atoms with Crippen molar-refractivity contribution in [2.75, 3.05) is 26.9 Å². The maximum absolute atomic E-state index is 9.27. The van der Waals surface area contributed by atoms with Crippen molar-refractivity contribution in [3.8, 4) is 0 Å². The highest BCUT2D eigenvalue weighted by molar-refractivity contribution is 5.14. The van der Waals surface area contributed by atoms with E-state index in [0.29, 0.717) is 0 Å². The summed E-state index contributed by atoms with van der Waals surface area (Å²) in [6, 6.07) is 10.5. The van der Waals surface area contributed by atoms with E-state index in [1.807, 2.05) is 20.0 Å². The Morgan fingerprint density at radius 2 is 1.80 bits per heavy atom. The van der Waals surface area contributed by atoms with Crippen molar-refractivity contribution < 1.29 is 9.84 Å². The van der Waals surface area contributed by atoms with Crippen LogP contribution in [-0.2, 0) is 11.2 Å². The molecule has 1 atom stereocenters. The third kappa shape index (κ3) is 7.04. The van der Waals surface area contributed by atoms with Crippen molar-refractivity contribution in [2.45, 2.75) is 44.6 Å². The minimum atomic E-state index is -0.146. The molecule has 0 heterocycles. The Balaban J connectivity index is 1.95. The molecule has 0 saturated heterocycles. The minimum absolute atomic E-state index is 0.146. The Morgan fingerprint density at radius 3 is 2.45 bits per heavy atom. The van der Waals surface area contributed by atoms with Gasteiger partial charge in [-0.3, -0.25) is 0 Å². The van der Waals surface area contributed by atoms with Gasteiger partial charge in [0.1, 0.15) is 0 Å². The van der Waals surface area contributed by atoms with E-state index in [2.05, 4.69) is 29.6 Å². The zero-order chi connectivity index (χ0) is 14.7. The highest BCUT2D eigenvalue weighted by atomic mass is 16.5. The summed E-state index contributed by atoms with van der Waals surface area (Å²) in [7, 11) is 1.90. The molecule has 0 aliphatic carbocycles. The van der Waals surface area contributed by atoms with E-state index < -0.39 is 0 Å². The molecule has 3 nitrogen and oxygen atoms in total. The Hall–Kier alpha value is -0.900. The van der Waals surface area contributed by atoms with E-state index in [9.17, 15) is 5.11 Å². The van der Waals surface area contributed by atoms with Gasteiger partial charge in [0.25, 0.3) is 0 Å². The van der Waals surface area contributed by atoms with E-state index in [1.54, 1.807) is 0 Å². The number of likely N-dealkylation sites (N-methyl/N-ethyl adjacent to an activating group) is 1. The van der Waals surface area contributed by atoms with Crippen LogP contribution in [0.3, 0.4) is 0 Å². The first kappa shape index (κ1) is 17.2. The van der Waals surface area contributed by atoms with Gasteiger partial charge in [-0.1, -0.05) is 30.3 Å². The number of rotatable bonds is 11. The van der Waals surface area contributed by atoms with Gasteiger partial charge in [-0.05, 0) is 51.6 Å². The van der Waals surface area contributed by atoms with Crippen molar-refractivity contribution in [1.82, 2.24) is 5.32 Å². The van der Waals surface area contributed by atoms with Crippen LogP contribution in [0.1, 0.15) is 38.2 Å². The SMILES string of the molecule is CNC(C)(CO)CCCCOCCCc1ccccc1. The number of aryl methyl sites for hydroxylation is 1. The van der Waals surface area contributed by atoms with Gasteiger partial charge in [-0.2, -0.15) is 0 Å². The highest BCUT2D eigenvalue weighted by Crippen LogP contribution is 2.12. The number of aliphatic hydroxyl groups excluding tert-OH is 1. The predicted molar refractivity (Wildman–Crippen MR) is 84.0 cm³/mol. The summed E-state index contributed by atoms with van der Waals surface area (Å²) in [6.45, 7) is 3.88. The predicted octanol–water partition coefficient (Wildman–Crippen LogP) is 2.78. The van der Waals surface area contributed by atoms with E-state index in [1.165, 1.54) is 5.56 Å². The number of nitrogens with one attached hydrogen (secondary N) is 1. The molecule has 0 aliphatic heterocycles. The van der Waals surface area contributed by atoms with Crippen molar-refractivity contribution in [3.63, 3.8) is 0 Å². The van der Waals surface area contributed by atoms with Crippen LogP contribution < -0.4 is 5.32 Å². The zero-order valence-electron chi connectivity index (χ0n) is 12.9. The number of unbranched alkanes of at least 4 members (excludes halogenated alkanes) is 1. The molecule has 1 aromatic carbocycles. The van der Waals surface area contributed by atoms with Gasteiger partial charge in [0.05, 0.1) is 6.61 Å². The molecule has 1 rings (SSSR count). The van der Waals surface area contributed by atoms with Crippen LogP contribution in [0.5, 0.6) is 0 Å². The summed E-state index contributed by atoms with van der Waals surface area (Å²) in [5.41, 5.74) is 1.23. The smallest absolute Gasteiger partial charge is 0.0610 e. The van der Waals surface area contributed by atoms with Crippen molar-refractivity contribution in [3.05, 3.63) is 35.9 Å². The molecule has 1 unspecified atom stereocenters. The van der Waals surface area contributed by atoms with Crippen molar-refractivity contribution >= 4 is 0 Å². The monoisotopic (exact) mass is 279 g/mol. The van der Waals surface area contributed by atoms with Crippen LogP contribution in [0.25, 0.3) is 0 Å². The van der Waals surface area contributed by atoms with Crippen LogP contribution in [0.2, 0.25) is 0 Å². The lowest BCUT2D eigenvalue weighted by molar-refractivity contribution is 0.121. The molecule has 0 radical (unpaired) electrons. The molecule has 3 heteroatoms. The van der Waals surface area contributed by atoms with E-state index in [4.69, 9.17) is 4.74 Å². The molecule has 0 fully saturated rings. The highest BCUT2D eigenvalue weighted by Gasteiger charge is 2.19. The lowest BCUT2D eigenvalue weighted by Gasteiger charge is -2.26. The van der Waals surface area contributed by atoms with E-state index >= 15 is 0 Å². The summed E-state index contributed by atoms with van der Waals surface area (Å²) in [6.07, 6.45) is 5.28. The second-order valence-corrected chi connectivity index (χ2v) is 5.63. The van der Waals surface area contributed by atoms with Crippen LogP contribution in [0, 0.1) is 0 Å². The van der Waals surface area contributed by atoms with Gasteiger partial charge in [-0.25, -0.2) is 0 Å². The fourth-order valence-corrected chi connectivity index (χ4v) is 2.13. The third-order valence-electron chi connectivity index (χ3n) is 3.82. The van der Waals surface area contributed by atoms with Crippen molar-refractivity contribution in [1.29, 1.82) is 0 Å². The van der Waals surface area contributed by atoms with Crippen LogP contribution in [0.15, 0.2) is 30.3 Å². The molecule has 0 amide bonds. The fraction of sp³-hybridized carbons (Fsp3) is 0.647. The topological polar surface area (TPSA) is 41.5 Å². The molecule has 1 aromatic rings. The van der Waals surface area contributed by atoms with E-state index in [-0.39, 0.29) is 12.1 Å². The van der Waals surface area contributed by atoms with E-state index in [0.717, 1.165) is 45.3 Å². The second kappa shape index (κ2) is 9.92. The van der Waals surface area contributed by atoms with Gasteiger partial charge >= 0.3 is 0 Å². The molecule has 20 heavy (non-hydrogen) atoms. The Bertz CT molecular complexity index is 336. The molecule has 0 saturated carbocycles. The Morgan fingerprint density at radius 1 is 1.10 bits per heavy atom. The first-order valence-corrected chi connectivity index (χ1v) is 7.61. The molecule has 0 spiro atoms. The standard InChI is InChI=1S/C17H29NO2/c1-17(15-19,18-2)12-6-7-13-20-14-8-11-16-9-4-3-5-10-16/h3-5,9-10,18-19H,6-8,11-15H2,1-2H3. The van der Waals surface area contributed by atoms with Gasteiger partial charge in [-0.15, -0.1) is 0 Å². The normalized spacial score (nSPS) is 14.2. The summed E-state index contributed by atoms with van der Waals surface area (Å²) in [5.74, 6) is 0. The average molecular weight is 279 g/mol. The summed E-state index contributed by atoms with van der Waals surface area (Å²) in [5, 5.41) is 12.4. The molecule has 2 N–H and O–H groups in total. The number of hydrogen-bond donors (Lipinski definition) is 2. The van der Waals surface area contributed by atoms with Crippen molar-refractivity contribution in [2.24, 2.45) is 0 Å². The van der Waals surface area contributed by atoms with Crippen LogP contribution >= 0.6 is 0 Å². The zero-order valence-corrected chi connectivity index (χ0v) is 12.9. The molecule has 0 aliphatic rings. The third-order valence-corrected chi connectivity index (χ3v) is 3.82. The van der Waals surface area contributed by atoms with Gasteiger partial charge in [0, 0.05) is 18.8 Å². The Labute approximate surface area is 123 Å². The molecular formula is C17H29NO2. The van der Waals surface area contributed by atoms with Gasteiger partial charge < -0.3 is 15.2 Å². The average Bonchev–Trinajstić information content (AvgIpc) is 2.50. The second-order valence-electron chi connectivity index (χ2n) is 5.63. The maximum Gasteiger partial charge on any atom is 0.0610 e. The first-order chi connectivity index (χ1) is 9.70. The number of benzene rings is 1. The van der Waals surface area contributed by atoms with Crippen LogP contribution in [0.4, 0.5) is 0 Å². The first-order valence-electron chi connectivity index (χ1n) is 7.61. The lowest BCUT2D eigenvalue weighted by Crippen LogP contribution is -2.43. The summed E-state index contributed by atoms with van der Waals surface area (Å²) < 4.78 is 5.65. The number of hydrogen-bond acceptors (Lipinski definition) is 3. The lowest BCUT2D eigenvalue weighted by atomic mass is 9.96. The molecular weight excluding hydrogens is 250 g/mol. The number of ether oxygens (including phenoxy) is 1. The minimum Gasteiger partial charge on any atom is -0.394 e. The van der Waals surface area contributed by atoms with Crippen LogP contribution in [-0.4, -0.2) is 37.5 Å². The summed E-state index contributed by atoms with van der Waals surface area (Å²) in [4.78, 5) is 0. The quantitative estimate of drug-likeness (QED) is 0.612. The molecule has 0 aromatic heterocycles. The maximum atomic E-state index is 9.27.